The van der Waals surface area contributed by atoms with Gasteiger partial charge < -0.3 is 0 Å². The van der Waals surface area contributed by atoms with Gasteiger partial charge in [0.05, 0.1) is 0 Å². The molecule has 0 saturated carbocycles. The molecule has 0 radical (unpaired) electrons. The molecule has 0 bridgehead atoms. The summed E-state index contributed by atoms with van der Waals surface area (Å²) in [4.78, 5) is 1.97. The van der Waals surface area contributed by atoms with Crippen molar-refractivity contribution in [3.05, 3.63) is 0 Å². The molecule has 0 aliphatic carbocycles. The van der Waals surface area contributed by atoms with Crippen LogP contribution in [0.5, 0.6) is 0 Å². The van der Waals surface area contributed by atoms with E-state index in [-0.39, 0.29) is 0 Å². The van der Waals surface area contributed by atoms with Gasteiger partial charge in [-0.2, -0.15) is 0 Å². The van der Waals surface area contributed by atoms with E-state index >= 15 is 0 Å². The molecule has 0 spiro atoms. The number of hydrogen-bond acceptors (Lipinski definition) is 0. The van der Waals surface area contributed by atoms with Crippen molar-refractivity contribution < 1.29 is 0 Å². The molecule has 0 unspecified atom stereocenters. The van der Waals surface area contributed by atoms with E-state index in [1.54, 1.807) is 0 Å². The first-order chi connectivity index (χ1) is 2.91. The van der Waals surface area contributed by atoms with Crippen LogP contribution in [0.2, 0.25) is 0 Å². The van der Waals surface area contributed by atoms with Gasteiger partial charge in [0.15, 0.2) is 0 Å². The number of hydrogen-bond donors (Lipinski definition) is 0. The predicted octanol–water partition coefficient (Wildman–Crippen LogP) is 2.52. The van der Waals surface area contributed by atoms with E-state index in [0.29, 0.717) is 11.8 Å². The first-order valence-corrected chi connectivity index (χ1v) is 4.64. The summed E-state index contributed by atoms with van der Waals surface area (Å²) in [5.41, 5.74) is 0. The minimum Gasteiger partial charge on any atom is -0.125 e. The summed E-state index contributed by atoms with van der Waals surface area (Å²) in [6.45, 7) is 0. The van der Waals surface area contributed by atoms with Gasteiger partial charge >= 0.3 is 0 Å². The summed E-state index contributed by atoms with van der Waals surface area (Å²) in [6.07, 6.45) is 0. The van der Waals surface area contributed by atoms with Gasteiger partial charge in [0.2, 0.25) is 0 Å². The molecular formula is C3H7Cl2I. The van der Waals surface area contributed by atoms with Gasteiger partial charge in [-0.25, -0.2) is 0 Å². The molecule has 40 valence electrons. The highest BCUT2D eigenvalue weighted by atomic mass is 127. The molecule has 0 aromatic rings. The molecule has 0 amide bonds. The number of rotatable bonds is 1. The van der Waals surface area contributed by atoms with Crippen LogP contribution < -0.4 is 0 Å². The van der Waals surface area contributed by atoms with E-state index in [9.17, 15) is 0 Å². The summed E-state index contributed by atoms with van der Waals surface area (Å²) >= 11 is 12.3. The van der Waals surface area contributed by atoms with Crippen LogP contribution in [0.25, 0.3) is 0 Å². The Morgan fingerprint density at radius 2 is 1.33 bits per heavy atom. The van der Waals surface area contributed by atoms with E-state index in [2.05, 4.69) is 22.6 Å². The van der Waals surface area contributed by atoms with Gasteiger partial charge in [-0.15, -0.1) is 23.2 Å². The second-order valence-corrected chi connectivity index (χ2v) is 1.13. The van der Waals surface area contributed by atoms with Gasteiger partial charge in [0.1, 0.15) is 0 Å². The van der Waals surface area contributed by atoms with Crippen LogP contribution in [0.3, 0.4) is 0 Å². The summed E-state index contributed by atoms with van der Waals surface area (Å²) in [5.74, 6) is 1.11. The van der Waals surface area contributed by atoms with Crippen LogP contribution in [0.15, 0.2) is 0 Å². The summed E-state index contributed by atoms with van der Waals surface area (Å²) < 4.78 is 0. The minimum atomic E-state index is 0.557. The van der Waals surface area contributed by atoms with Crippen LogP contribution in [0.4, 0.5) is 0 Å². The average molecular weight is 241 g/mol. The summed E-state index contributed by atoms with van der Waals surface area (Å²) in [5, 5.41) is 0. The monoisotopic (exact) mass is 240 g/mol. The molecule has 0 aliphatic rings. The molecule has 0 aliphatic heterocycles. The SMILES string of the molecule is CI.ClCCCl. The van der Waals surface area contributed by atoms with Crippen molar-refractivity contribution in [1.82, 2.24) is 0 Å². The normalized spacial score (nSPS) is 6.00. The Labute approximate surface area is 62.3 Å². The Hall–Kier alpha value is 1.31. The molecule has 0 aromatic heterocycles. The maximum absolute atomic E-state index is 5.05. The van der Waals surface area contributed by atoms with Gasteiger partial charge in [-0.1, -0.05) is 22.6 Å². The fourth-order valence-electron chi connectivity index (χ4n) is 0. The number of alkyl halides is 3. The molecule has 0 aromatic carbocycles. The van der Waals surface area contributed by atoms with Gasteiger partial charge in [-0.05, 0) is 4.93 Å². The molecular weight excluding hydrogens is 234 g/mol. The Bertz CT molecular complexity index is 10.8. The molecule has 0 saturated heterocycles. The Morgan fingerprint density at radius 3 is 1.33 bits per heavy atom. The predicted molar refractivity (Wildman–Crippen MR) is 41.4 cm³/mol. The molecule has 0 nitrogen and oxygen atoms in total. The lowest BCUT2D eigenvalue weighted by Crippen LogP contribution is -1.63. The molecule has 0 heterocycles. The summed E-state index contributed by atoms with van der Waals surface area (Å²) in [6, 6.07) is 0. The Balaban J connectivity index is 0. The van der Waals surface area contributed by atoms with E-state index in [4.69, 9.17) is 23.2 Å². The lowest BCUT2D eigenvalue weighted by atomic mass is 11.0. The van der Waals surface area contributed by atoms with Crippen LogP contribution in [0.1, 0.15) is 0 Å². The summed E-state index contributed by atoms with van der Waals surface area (Å²) in [7, 11) is 0. The molecule has 6 heavy (non-hydrogen) atoms. The third kappa shape index (κ3) is 18.5. The van der Waals surface area contributed by atoms with Crippen molar-refractivity contribution in [2.24, 2.45) is 0 Å². The minimum absolute atomic E-state index is 0.557. The highest BCUT2D eigenvalue weighted by molar-refractivity contribution is 14.1. The van der Waals surface area contributed by atoms with Crippen molar-refractivity contribution in [2.45, 2.75) is 0 Å². The smallest absolute Gasteiger partial charge is 0.0359 e. The second kappa shape index (κ2) is 16.2. The number of halogens is 3. The van der Waals surface area contributed by atoms with Gasteiger partial charge in [0, 0.05) is 11.8 Å². The maximum atomic E-state index is 5.05. The standard InChI is InChI=1S/C2H4Cl2.CH3I/c3-1-2-4;1-2/h1-2H2;1H3. The van der Waals surface area contributed by atoms with Crippen molar-refractivity contribution in [2.75, 3.05) is 16.7 Å². The van der Waals surface area contributed by atoms with Crippen LogP contribution in [-0.4, -0.2) is 16.7 Å². The lowest BCUT2D eigenvalue weighted by Gasteiger charge is -1.63. The average Bonchev–Trinajstić information content (AvgIpc) is 1.72. The first-order valence-electron chi connectivity index (χ1n) is 1.41. The molecule has 3 heteroatoms. The fraction of sp³-hybridized carbons (Fsp3) is 1.00. The van der Waals surface area contributed by atoms with Gasteiger partial charge in [0.25, 0.3) is 0 Å². The molecule has 0 atom stereocenters. The molecule has 0 N–H and O–H groups in total. The third-order valence-electron chi connectivity index (χ3n) is 0.0714. The second-order valence-electron chi connectivity index (χ2n) is 0.378. The maximum Gasteiger partial charge on any atom is 0.0359 e. The zero-order valence-corrected chi connectivity index (χ0v) is 7.22. The Morgan fingerprint density at radius 1 is 1.17 bits per heavy atom. The zero-order chi connectivity index (χ0) is 5.41. The molecule has 0 fully saturated rings. The first kappa shape index (κ1) is 10.3. The topological polar surface area (TPSA) is 0 Å². The van der Waals surface area contributed by atoms with E-state index in [1.165, 1.54) is 0 Å². The van der Waals surface area contributed by atoms with Gasteiger partial charge in [-0.3, -0.25) is 0 Å². The molecule has 0 rings (SSSR count). The van der Waals surface area contributed by atoms with E-state index < -0.39 is 0 Å². The van der Waals surface area contributed by atoms with Crippen molar-refractivity contribution in [3.8, 4) is 0 Å². The van der Waals surface area contributed by atoms with E-state index in [1.807, 2.05) is 4.93 Å². The van der Waals surface area contributed by atoms with Crippen molar-refractivity contribution in [1.29, 1.82) is 0 Å². The van der Waals surface area contributed by atoms with Crippen LogP contribution in [-0.2, 0) is 0 Å². The van der Waals surface area contributed by atoms with Crippen LogP contribution >= 0.6 is 45.8 Å². The lowest BCUT2D eigenvalue weighted by molar-refractivity contribution is 1.52. The highest BCUT2D eigenvalue weighted by Gasteiger charge is 1.61. The quantitative estimate of drug-likeness (QED) is 0.488. The Kier molecular flexibility index (Phi) is 27.9. The largest absolute Gasteiger partial charge is 0.125 e. The zero-order valence-electron chi connectivity index (χ0n) is 3.55. The highest BCUT2D eigenvalue weighted by Crippen LogP contribution is 1.75. The van der Waals surface area contributed by atoms with Crippen molar-refractivity contribution >= 4 is 45.8 Å². The van der Waals surface area contributed by atoms with Crippen molar-refractivity contribution in [3.63, 3.8) is 0 Å². The van der Waals surface area contributed by atoms with Crippen LogP contribution in [0, 0.1) is 0 Å². The fourth-order valence-corrected chi connectivity index (χ4v) is 0. The third-order valence-corrected chi connectivity index (χ3v) is 0.643. The van der Waals surface area contributed by atoms with E-state index in [0.717, 1.165) is 0 Å².